The number of likely N-dealkylation sites (tertiary alicyclic amines) is 1. The second-order valence-corrected chi connectivity index (χ2v) is 7.78. The number of nitrogens with zero attached hydrogens (tertiary/aromatic N) is 4. The Bertz CT molecular complexity index is 875. The van der Waals surface area contributed by atoms with Crippen molar-refractivity contribution in [3.8, 4) is 5.75 Å². The molecule has 0 atom stereocenters. The number of benzene rings is 1. The van der Waals surface area contributed by atoms with Gasteiger partial charge in [0.15, 0.2) is 0 Å². The quantitative estimate of drug-likeness (QED) is 0.678. The smallest absolute Gasteiger partial charge is 0.230 e. The fourth-order valence-electron chi connectivity index (χ4n) is 4.58. The van der Waals surface area contributed by atoms with E-state index in [0.29, 0.717) is 11.9 Å². The molecule has 6 heteroatoms. The SMILES string of the molecule is c1cc(OC2CCN(Cc3nnco3)CC2)c2ccn(C3CCCC3)c2c1. The summed E-state index contributed by atoms with van der Waals surface area (Å²) in [6.45, 7) is 2.71. The predicted octanol–water partition coefficient (Wildman–Crippen LogP) is 4.18. The first-order valence-corrected chi connectivity index (χ1v) is 10.1. The lowest BCUT2D eigenvalue weighted by molar-refractivity contribution is 0.0929. The molecule has 3 aromatic rings. The number of piperidine rings is 1. The maximum atomic E-state index is 6.44. The molecule has 1 aliphatic heterocycles. The van der Waals surface area contributed by atoms with Crippen molar-refractivity contribution >= 4 is 10.9 Å². The van der Waals surface area contributed by atoms with Gasteiger partial charge in [-0.05, 0) is 43.9 Å². The van der Waals surface area contributed by atoms with Crippen molar-refractivity contribution in [2.75, 3.05) is 13.1 Å². The molecule has 27 heavy (non-hydrogen) atoms. The van der Waals surface area contributed by atoms with E-state index in [-0.39, 0.29) is 6.10 Å². The maximum absolute atomic E-state index is 6.44. The van der Waals surface area contributed by atoms with Crippen LogP contribution in [0, 0.1) is 0 Å². The van der Waals surface area contributed by atoms with Crippen LogP contribution in [0.1, 0.15) is 50.5 Å². The van der Waals surface area contributed by atoms with Gasteiger partial charge in [0.05, 0.1) is 12.1 Å². The molecule has 142 valence electrons. The Hall–Kier alpha value is -2.34. The Balaban J connectivity index is 1.25. The number of aromatic nitrogens is 3. The molecular formula is C21H26N4O2. The summed E-state index contributed by atoms with van der Waals surface area (Å²) in [7, 11) is 0. The first-order valence-electron chi connectivity index (χ1n) is 10.1. The summed E-state index contributed by atoms with van der Waals surface area (Å²) >= 11 is 0. The second kappa shape index (κ2) is 7.35. The van der Waals surface area contributed by atoms with Crippen LogP contribution in [0.5, 0.6) is 5.75 Å². The summed E-state index contributed by atoms with van der Waals surface area (Å²) in [5.41, 5.74) is 1.31. The van der Waals surface area contributed by atoms with Crippen LogP contribution in [0.15, 0.2) is 41.3 Å². The van der Waals surface area contributed by atoms with Crippen LogP contribution in [0.25, 0.3) is 10.9 Å². The molecule has 1 saturated heterocycles. The Labute approximate surface area is 159 Å². The Morgan fingerprint density at radius 2 is 1.93 bits per heavy atom. The highest BCUT2D eigenvalue weighted by Crippen LogP contribution is 2.36. The molecule has 6 nitrogen and oxygen atoms in total. The summed E-state index contributed by atoms with van der Waals surface area (Å²) in [5.74, 6) is 1.71. The van der Waals surface area contributed by atoms with Crippen molar-refractivity contribution in [1.29, 1.82) is 0 Å². The minimum atomic E-state index is 0.268. The zero-order valence-electron chi connectivity index (χ0n) is 15.6. The summed E-state index contributed by atoms with van der Waals surface area (Å²) in [5, 5.41) is 8.97. The molecule has 2 aliphatic rings. The topological polar surface area (TPSA) is 56.3 Å². The first-order chi connectivity index (χ1) is 13.4. The summed E-state index contributed by atoms with van der Waals surface area (Å²) in [6, 6.07) is 9.37. The van der Waals surface area contributed by atoms with Gasteiger partial charge in [-0.2, -0.15) is 0 Å². The fourth-order valence-corrected chi connectivity index (χ4v) is 4.58. The minimum absolute atomic E-state index is 0.268. The first kappa shape index (κ1) is 16.8. The number of hydrogen-bond donors (Lipinski definition) is 0. The molecule has 2 aromatic heterocycles. The largest absolute Gasteiger partial charge is 0.490 e. The van der Waals surface area contributed by atoms with Gasteiger partial charge in [0.25, 0.3) is 0 Å². The van der Waals surface area contributed by atoms with Gasteiger partial charge in [-0.3, -0.25) is 4.90 Å². The van der Waals surface area contributed by atoms with E-state index in [4.69, 9.17) is 9.15 Å². The van der Waals surface area contributed by atoms with Crippen LogP contribution < -0.4 is 4.74 Å². The standard InChI is InChI=1S/C21H26N4O2/c1-2-5-16(4-1)25-13-10-18-19(25)6-3-7-20(18)27-17-8-11-24(12-9-17)14-21-23-22-15-26-21/h3,6-7,10,13,15-17H,1-2,4-5,8-9,11-12,14H2. The third-order valence-electron chi connectivity index (χ3n) is 6.03. The Morgan fingerprint density at radius 1 is 1.07 bits per heavy atom. The van der Waals surface area contributed by atoms with Gasteiger partial charge in [-0.1, -0.05) is 18.9 Å². The lowest BCUT2D eigenvalue weighted by Crippen LogP contribution is -2.37. The maximum Gasteiger partial charge on any atom is 0.230 e. The van der Waals surface area contributed by atoms with E-state index in [9.17, 15) is 0 Å². The van der Waals surface area contributed by atoms with Gasteiger partial charge in [-0.25, -0.2) is 0 Å². The normalized spacial score (nSPS) is 19.9. The van der Waals surface area contributed by atoms with Crippen molar-refractivity contribution in [2.24, 2.45) is 0 Å². The Kier molecular flexibility index (Phi) is 4.57. The molecule has 3 heterocycles. The molecule has 0 radical (unpaired) electrons. The second-order valence-electron chi connectivity index (χ2n) is 7.78. The average molecular weight is 366 g/mol. The van der Waals surface area contributed by atoms with E-state index in [2.05, 4.69) is 50.1 Å². The van der Waals surface area contributed by atoms with Crippen LogP contribution in [-0.2, 0) is 6.54 Å². The van der Waals surface area contributed by atoms with Gasteiger partial charge in [-0.15, -0.1) is 10.2 Å². The van der Waals surface area contributed by atoms with Gasteiger partial charge in [0.2, 0.25) is 12.3 Å². The van der Waals surface area contributed by atoms with Crippen LogP contribution >= 0.6 is 0 Å². The van der Waals surface area contributed by atoms with Crippen molar-refractivity contribution in [3.63, 3.8) is 0 Å². The van der Waals surface area contributed by atoms with Crippen LogP contribution in [0.2, 0.25) is 0 Å². The molecule has 5 rings (SSSR count). The van der Waals surface area contributed by atoms with Crippen LogP contribution in [0.4, 0.5) is 0 Å². The van der Waals surface area contributed by atoms with Crippen molar-refractivity contribution in [2.45, 2.75) is 57.2 Å². The number of rotatable bonds is 5. The van der Waals surface area contributed by atoms with Crippen molar-refractivity contribution in [3.05, 3.63) is 42.7 Å². The van der Waals surface area contributed by atoms with E-state index in [1.165, 1.54) is 43.0 Å². The predicted molar refractivity (Wildman–Crippen MR) is 103 cm³/mol. The average Bonchev–Trinajstić information content (AvgIpc) is 3.45. The number of hydrogen-bond acceptors (Lipinski definition) is 5. The highest BCUT2D eigenvalue weighted by Gasteiger charge is 2.23. The lowest BCUT2D eigenvalue weighted by atomic mass is 10.1. The van der Waals surface area contributed by atoms with Gasteiger partial charge >= 0.3 is 0 Å². The molecule has 1 aromatic carbocycles. The lowest BCUT2D eigenvalue weighted by Gasteiger charge is -2.31. The van der Waals surface area contributed by atoms with E-state index in [0.717, 1.165) is 38.2 Å². The molecule has 0 bridgehead atoms. The molecule has 1 aliphatic carbocycles. The molecule has 2 fully saturated rings. The van der Waals surface area contributed by atoms with E-state index >= 15 is 0 Å². The van der Waals surface area contributed by atoms with E-state index < -0.39 is 0 Å². The molecule has 1 saturated carbocycles. The monoisotopic (exact) mass is 366 g/mol. The zero-order chi connectivity index (χ0) is 18.1. The van der Waals surface area contributed by atoms with Gasteiger partial charge in [0.1, 0.15) is 11.9 Å². The number of ether oxygens (including phenoxy) is 1. The van der Waals surface area contributed by atoms with Gasteiger partial charge < -0.3 is 13.7 Å². The number of fused-ring (bicyclic) bond motifs is 1. The summed E-state index contributed by atoms with van der Waals surface area (Å²) in [6.07, 6.45) is 11.3. The van der Waals surface area contributed by atoms with Crippen molar-refractivity contribution < 1.29 is 9.15 Å². The molecule has 0 amide bonds. The zero-order valence-corrected chi connectivity index (χ0v) is 15.6. The molecule has 0 unspecified atom stereocenters. The third kappa shape index (κ3) is 3.46. The van der Waals surface area contributed by atoms with E-state index in [1.807, 2.05) is 0 Å². The fraction of sp³-hybridized carbons (Fsp3) is 0.524. The summed E-state index contributed by atoms with van der Waals surface area (Å²) in [4.78, 5) is 2.35. The highest BCUT2D eigenvalue weighted by atomic mass is 16.5. The molecule has 0 spiro atoms. The Morgan fingerprint density at radius 3 is 2.70 bits per heavy atom. The van der Waals surface area contributed by atoms with E-state index in [1.54, 1.807) is 0 Å². The third-order valence-corrected chi connectivity index (χ3v) is 6.03. The van der Waals surface area contributed by atoms with Crippen LogP contribution in [0.3, 0.4) is 0 Å². The van der Waals surface area contributed by atoms with Crippen LogP contribution in [-0.4, -0.2) is 38.9 Å². The summed E-state index contributed by atoms with van der Waals surface area (Å²) < 4.78 is 14.2. The molecular weight excluding hydrogens is 340 g/mol. The van der Waals surface area contributed by atoms with Crippen molar-refractivity contribution in [1.82, 2.24) is 19.7 Å². The molecule has 0 N–H and O–H groups in total. The van der Waals surface area contributed by atoms with Gasteiger partial charge in [0, 0.05) is 30.7 Å². The highest BCUT2D eigenvalue weighted by molar-refractivity contribution is 5.86. The minimum Gasteiger partial charge on any atom is -0.490 e.